The quantitative estimate of drug-likeness (QED) is 0.770. The Morgan fingerprint density at radius 1 is 1.29 bits per heavy atom. The lowest BCUT2D eigenvalue weighted by Gasteiger charge is -2.28. The van der Waals surface area contributed by atoms with Gasteiger partial charge in [-0.15, -0.1) is 0 Å². The molecule has 0 bridgehead atoms. The van der Waals surface area contributed by atoms with Crippen molar-refractivity contribution in [3.05, 3.63) is 29.1 Å². The van der Waals surface area contributed by atoms with E-state index in [0.717, 1.165) is 45.0 Å². The molecule has 0 radical (unpaired) electrons. The highest BCUT2D eigenvalue weighted by atomic mass is 19.1. The summed E-state index contributed by atoms with van der Waals surface area (Å²) < 4.78 is 20.1. The van der Waals surface area contributed by atoms with Crippen LogP contribution in [0.3, 0.4) is 0 Å². The normalized spacial score (nSPS) is 23.0. The van der Waals surface area contributed by atoms with Crippen LogP contribution in [0, 0.1) is 11.7 Å². The smallest absolute Gasteiger partial charge is 0.229 e. The number of likely N-dealkylation sites (tertiary alicyclic amines) is 1. The van der Waals surface area contributed by atoms with E-state index < -0.39 is 5.92 Å². The number of hydrogen-bond acceptors (Lipinski definition) is 5. The molecular formula is C20H27FN4O3. The molecule has 3 aliphatic rings. The zero-order valence-corrected chi connectivity index (χ0v) is 16.0. The molecule has 2 saturated heterocycles. The largest absolute Gasteiger partial charge is 0.379 e. The summed E-state index contributed by atoms with van der Waals surface area (Å²) in [6.45, 7) is 6.37. The highest BCUT2D eigenvalue weighted by Gasteiger charge is 2.34. The zero-order valence-electron chi connectivity index (χ0n) is 16.0. The highest BCUT2D eigenvalue weighted by Crippen LogP contribution is 2.26. The topological polar surface area (TPSA) is 73.9 Å². The number of amides is 2. The fraction of sp³-hybridized carbons (Fsp3) is 0.600. The molecule has 152 valence electrons. The minimum absolute atomic E-state index is 0.00889. The minimum Gasteiger partial charge on any atom is -0.379 e. The molecule has 7 nitrogen and oxygen atoms in total. The van der Waals surface area contributed by atoms with Crippen LogP contribution < -0.4 is 10.6 Å². The molecule has 2 N–H and O–H groups in total. The van der Waals surface area contributed by atoms with Gasteiger partial charge in [0.25, 0.3) is 0 Å². The Labute approximate surface area is 164 Å². The molecule has 0 spiro atoms. The van der Waals surface area contributed by atoms with Crippen LogP contribution in [-0.4, -0.2) is 74.1 Å². The average Bonchev–Trinajstić information content (AvgIpc) is 3.10. The molecule has 28 heavy (non-hydrogen) atoms. The van der Waals surface area contributed by atoms with Gasteiger partial charge in [0.1, 0.15) is 5.82 Å². The predicted octanol–water partition coefficient (Wildman–Crippen LogP) is 0.591. The summed E-state index contributed by atoms with van der Waals surface area (Å²) in [6, 6.07) is 3.47. The average molecular weight is 390 g/mol. The van der Waals surface area contributed by atoms with Crippen LogP contribution >= 0.6 is 0 Å². The maximum Gasteiger partial charge on any atom is 0.229 e. The second-order valence-electron chi connectivity index (χ2n) is 7.68. The van der Waals surface area contributed by atoms with Gasteiger partial charge in [-0.3, -0.25) is 14.5 Å². The van der Waals surface area contributed by atoms with Gasteiger partial charge in [-0.05, 0) is 30.2 Å². The van der Waals surface area contributed by atoms with E-state index in [1.807, 2.05) is 6.07 Å². The van der Waals surface area contributed by atoms with Gasteiger partial charge in [0.15, 0.2) is 0 Å². The minimum atomic E-state index is -0.436. The fourth-order valence-electron chi connectivity index (χ4n) is 4.12. The number of nitrogens with zero attached hydrogens (tertiary/aromatic N) is 2. The summed E-state index contributed by atoms with van der Waals surface area (Å²) in [4.78, 5) is 28.9. The molecule has 1 aromatic carbocycles. The first-order valence-corrected chi connectivity index (χ1v) is 10.0. The van der Waals surface area contributed by atoms with Crippen LogP contribution in [0.5, 0.6) is 0 Å². The number of halogens is 1. The standard InChI is InChI=1S/C20H27FN4O3/c21-19-16-3-4-22-12-14(16)1-2-17(19)23-20(27)15-11-18(26)25(13-15)6-5-24-7-9-28-10-8-24/h1-2,15,22H,3-13H2,(H,23,27). The first-order valence-electron chi connectivity index (χ1n) is 10.0. The number of morpholine rings is 1. The number of rotatable bonds is 5. The first-order chi connectivity index (χ1) is 13.6. The van der Waals surface area contributed by atoms with E-state index >= 15 is 0 Å². The van der Waals surface area contributed by atoms with Crippen molar-refractivity contribution in [2.75, 3.05) is 57.8 Å². The Hall–Kier alpha value is -2.03. The van der Waals surface area contributed by atoms with Crippen LogP contribution in [0.4, 0.5) is 10.1 Å². The van der Waals surface area contributed by atoms with E-state index in [4.69, 9.17) is 4.74 Å². The lowest BCUT2D eigenvalue weighted by Crippen LogP contribution is -2.42. The Kier molecular flexibility index (Phi) is 5.89. The van der Waals surface area contributed by atoms with Crippen LogP contribution in [0.15, 0.2) is 12.1 Å². The van der Waals surface area contributed by atoms with Crippen molar-refractivity contribution in [3.63, 3.8) is 0 Å². The predicted molar refractivity (Wildman–Crippen MR) is 102 cm³/mol. The van der Waals surface area contributed by atoms with Crippen molar-refractivity contribution in [2.24, 2.45) is 5.92 Å². The molecule has 4 rings (SSSR count). The molecule has 2 fully saturated rings. The van der Waals surface area contributed by atoms with Crippen LogP contribution in [0.1, 0.15) is 17.5 Å². The summed E-state index contributed by atoms with van der Waals surface area (Å²) in [6.07, 6.45) is 0.799. The summed E-state index contributed by atoms with van der Waals surface area (Å²) in [5.41, 5.74) is 1.82. The number of carbonyl (C=O) groups excluding carboxylic acids is 2. The fourth-order valence-corrected chi connectivity index (χ4v) is 4.12. The van der Waals surface area contributed by atoms with E-state index in [2.05, 4.69) is 15.5 Å². The Morgan fingerprint density at radius 3 is 2.93 bits per heavy atom. The van der Waals surface area contributed by atoms with Crippen molar-refractivity contribution in [1.82, 2.24) is 15.1 Å². The van der Waals surface area contributed by atoms with Crippen molar-refractivity contribution in [3.8, 4) is 0 Å². The molecular weight excluding hydrogens is 363 g/mol. The first kappa shape index (κ1) is 19.3. The van der Waals surface area contributed by atoms with Gasteiger partial charge in [-0.25, -0.2) is 4.39 Å². The second-order valence-corrected chi connectivity index (χ2v) is 7.68. The van der Waals surface area contributed by atoms with Crippen molar-refractivity contribution >= 4 is 17.5 Å². The van der Waals surface area contributed by atoms with E-state index in [9.17, 15) is 14.0 Å². The molecule has 2 amide bonds. The van der Waals surface area contributed by atoms with Gasteiger partial charge < -0.3 is 20.3 Å². The highest BCUT2D eigenvalue weighted by molar-refractivity contribution is 5.97. The lowest BCUT2D eigenvalue weighted by atomic mass is 9.99. The molecule has 1 aromatic rings. The van der Waals surface area contributed by atoms with Gasteiger partial charge >= 0.3 is 0 Å². The number of hydrogen-bond donors (Lipinski definition) is 2. The maximum atomic E-state index is 14.7. The van der Waals surface area contributed by atoms with Gasteiger partial charge in [0.2, 0.25) is 11.8 Å². The third kappa shape index (κ3) is 4.19. The Bertz CT molecular complexity index is 751. The van der Waals surface area contributed by atoms with Crippen LogP contribution in [0.25, 0.3) is 0 Å². The van der Waals surface area contributed by atoms with Crippen LogP contribution in [0.2, 0.25) is 0 Å². The number of ether oxygens (including phenoxy) is 1. The van der Waals surface area contributed by atoms with Gasteiger partial charge in [-0.2, -0.15) is 0 Å². The van der Waals surface area contributed by atoms with Gasteiger partial charge in [-0.1, -0.05) is 6.07 Å². The number of benzene rings is 1. The van der Waals surface area contributed by atoms with E-state index in [1.165, 1.54) is 0 Å². The Balaban J connectivity index is 1.33. The third-order valence-corrected chi connectivity index (χ3v) is 5.84. The monoisotopic (exact) mass is 390 g/mol. The second kappa shape index (κ2) is 8.55. The third-order valence-electron chi connectivity index (χ3n) is 5.84. The molecule has 0 aliphatic carbocycles. The molecule has 0 saturated carbocycles. The van der Waals surface area contributed by atoms with Crippen molar-refractivity contribution in [2.45, 2.75) is 19.4 Å². The summed E-state index contributed by atoms with van der Waals surface area (Å²) >= 11 is 0. The van der Waals surface area contributed by atoms with Gasteiger partial charge in [0, 0.05) is 45.7 Å². The lowest BCUT2D eigenvalue weighted by molar-refractivity contribution is -0.128. The van der Waals surface area contributed by atoms with Crippen LogP contribution in [-0.2, 0) is 27.3 Å². The molecule has 1 unspecified atom stereocenters. The summed E-state index contributed by atoms with van der Waals surface area (Å²) in [5, 5.41) is 5.92. The summed E-state index contributed by atoms with van der Waals surface area (Å²) in [5.74, 6) is -1.07. The number of anilines is 1. The van der Waals surface area contributed by atoms with Crippen molar-refractivity contribution in [1.29, 1.82) is 0 Å². The molecule has 1 atom stereocenters. The SMILES string of the molecule is O=C(Nc1ccc2c(c1F)CCNC2)C1CC(=O)N(CCN2CCOCC2)C1. The zero-order chi connectivity index (χ0) is 19.5. The number of carbonyl (C=O) groups is 2. The van der Waals surface area contributed by atoms with E-state index in [-0.39, 0.29) is 29.7 Å². The molecule has 3 aliphatic heterocycles. The number of nitrogens with one attached hydrogen (secondary N) is 2. The van der Waals surface area contributed by atoms with E-state index in [1.54, 1.807) is 11.0 Å². The van der Waals surface area contributed by atoms with Gasteiger partial charge in [0.05, 0.1) is 24.8 Å². The van der Waals surface area contributed by atoms with Crippen molar-refractivity contribution < 1.29 is 18.7 Å². The maximum absolute atomic E-state index is 14.7. The van der Waals surface area contributed by atoms with E-state index in [0.29, 0.717) is 31.6 Å². The molecule has 0 aromatic heterocycles. The molecule has 3 heterocycles. The summed E-state index contributed by atoms with van der Waals surface area (Å²) in [7, 11) is 0. The number of fused-ring (bicyclic) bond motifs is 1. The molecule has 8 heteroatoms. The Morgan fingerprint density at radius 2 is 2.11 bits per heavy atom.